The Morgan fingerprint density at radius 1 is 1.04 bits per heavy atom. The van der Waals surface area contributed by atoms with Crippen molar-refractivity contribution in [1.82, 2.24) is 20.2 Å². The molecule has 1 aliphatic carbocycles. The van der Waals surface area contributed by atoms with Gasteiger partial charge in [0.25, 0.3) is 0 Å². The quantitative estimate of drug-likeness (QED) is 0.123. The lowest BCUT2D eigenvalue weighted by molar-refractivity contribution is -0.136. The largest absolute Gasteiger partial charge is 0.394 e. The standard InChI is InChI=1S/C34H50FN5O8/c1-47-18-22-12-37-34(38-13-22)39-6-4-24(5-7-39)27-9-26(27)20-48-19-21-2-3-25(28(35)8-21)10-31(44)40-15-23(16-40)11-36-14-29(42)32(45)33(46)30(43)17-41/h2-3,8,12-13,23-24,26-27,29-30,32-33,36,41-43,45-46H,4-7,9-11,14-20H2,1H3/t26-,27?,29-,30+,32+,33+/m0/s1. The number of piperidine rings is 1. The summed E-state index contributed by atoms with van der Waals surface area (Å²) >= 11 is 0. The molecule has 14 heteroatoms. The second kappa shape index (κ2) is 17.2. The second-order valence-electron chi connectivity index (χ2n) is 13.5. The summed E-state index contributed by atoms with van der Waals surface area (Å²) in [6, 6.07) is 4.92. The lowest BCUT2D eigenvalue weighted by atomic mass is 9.91. The first-order valence-corrected chi connectivity index (χ1v) is 16.9. The van der Waals surface area contributed by atoms with Crippen molar-refractivity contribution in [2.75, 3.05) is 64.5 Å². The molecule has 2 aliphatic heterocycles. The zero-order chi connectivity index (χ0) is 34.2. The van der Waals surface area contributed by atoms with Crippen LogP contribution in [0.1, 0.15) is 36.0 Å². The van der Waals surface area contributed by atoms with Gasteiger partial charge in [0.15, 0.2) is 0 Å². The van der Waals surface area contributed by atoms with Gasteiger partial charge in [0.05, 0.1) is 39.0 Å². The van der Waals surface area contributed by atoms with Gasteiger partial charge in [0, 0.05) is 70.3 Å². The van der Waals surface area contributed by atoms with Crippen LogP contribution in [0.4, 0.5) is 10.3 Å². The zero-order valence-corrected chi connectivity index (χ0v) is 27.5. The first kappa shape index (κ1) is 36.5. The molecule has 266 valence electrons. The number of carbonyl (C=O) groups is 1. The fourth-order valence-corrected chi connectivity index (χ4v) is 6.77. The van der Waals surface area contributed by atoms with Crippen molar-refractivity contribution in [2.45, 2.75) is 63.3 Å². The van der Waals surface area contributed by atoms with E-state index in [1.54, 1.807) is 18.1 Å². The summed E-state index contributed by atoms with van der Waals surface area (Å²) in [7, 11) is 1.66. The molecule has 0 radical (unpaired) electrons. The Labute approximate surface area is 280 Å². The molecule has 2 aromatic rings. The smallest absolute Gasteiger partial charge is 0.227 e. The van der Waals surface area contributed by atoms with Gasteiger partial charge in [-0.1, -0.05) is 12.1 Å². The highest BCUT2D eigenvalue weighted by atomic mass is 19.1. The molecule has 48 heavy (non-hydrogen) atoms. The first-order chi connectivity index (χ1) is 23.2. The van der Waals surface area contributed by atoms with E-state index in [1.165, 1.54) is 12.5 Å². The molecular formula is C34H50FN5O8. The van der Waals surface area contributed by atoms with E-state index in [0.29, 0.717) is 62.8 Å². The van der Waals surface area contributed by atoms with Gasteiger partial charge >= 0.3 is 0 Å². The minimum Gasteiger partial charge on any atom is -0.394 e. The lowest BCUT2D eigenvalue weighted by Crippen LogP contribution is -2.55. The predicted octanol–water partition coefficient (Wildman–Crippen LogP) is -0.142. The van der Waals surface area contributed by atoms with E-state index in [9.17, 15) is 29.6 Å². The number of halogens is 1. The average molecular weight is 676 g/mol. The molecule has 1 unspecified atom stereocenters. The molecule has 6 atom stereocenters. The third-order valence-corrected chi connectivity index (χ3v) is 9.89. The summed E-state index contributed by atoms with van der Waals surface area (Å²) in [4.78, 5) is 25.6. The molecule has 1 aromatic carbocycles. The van der Waals surface area contributed by atoms with Gasteiger partial charge in [-0.3, -0.25) is 4.79 Å². The number of hydrogen-bond donors (Lipinski definition) is 6. The monoisotopic (exact) mass is 675 g/mol. The number of benzene rings is 1. The highest BCUT2D eigenvalue weighted by molar-refractivity contribution is 5.79. The van der Waals surface area contributed by atoms with Gasteiger partial charge in [-0.15, -0.1) is 0 Å². The predicted molar refractivity (Wildman–Crippen MR) is 173 cm³/mol. The molecule has 1 amide bonds. The number of amides is 1. The highest BCUT2D eigenvalue weighted by Gasteiger charge is 2.43. The van der Waals surface area contributed by atoms with Crippen molar-refractivity contribution in [2.24, 2.45) is 23.7 Å². The number of hydrogen-bond acceptors (Lipinski definition) is 12. The molecule has 3 heterocycles. The van der Waals surface area contributed by atoms with Crippen molar-refractivity contribution in [1.29, 1.82) is 0 Å². The Kier molecular flexibility index (Phi) is 13.1. The third kappa shape index (κ3) is 9.66. The zero-order valence-electron chi connectivity index (χ0n) is 27.5. The van der Waals surface area contributed by atoms with Crippen LogP contribution in [0, 0.1) is 29.5 Å². The van der Waals surface area contributed by atoms with Crippen LogP contribution in [-0.2, 0) is 33.9 Å². The fourth-order valence-electron chi connectivity index (χ4n) is 6.77. The summed E-state index contributed by atoms with van der Waals surface area (Å²) in [5.74, 6) is 2.22. The summed E-state index contributed by atoms with van der Waals surface area (Å²) in [5.41, 5.74) is 2.05. The van der Waals surface area contributed by atoms with Crippen LogP contribution in [0.2, 0.25) is 0 Å². The van der Waals surface area contributed by atoms with E-state index in [0.717, 1.165) is 43.0 Å². The normalized spacial score (nSPS) is 22.6. The second-order valence-corrected chi connectivity index (χ2v) is 13.5. The molecule has 0 bridgehead atoms. The number of methoxy groups -OCH3 is 1. The summed E-state index contributed by atoms with van der Waals surface area (Å²) < 4.78 is 26.0. The van der Waals surface area contributed by atoms with Gasteiger partial charge in [0.2, 0.25) is 11.9 Å². The number of aromatic nitrogens is 2. The number of carbonyl (C=O) groups excluding carboxylic acids is 1. The van der Waals surface area contributed by atoms with Crippen molar-refractivity contribution < 1.29 is 44.2 Å². The van der Waals surface area contributed by atoms with Gasteiger partial charge in [-0.25, -0.2) is 14.4 Å². The Bertz CT molecular complexity index is 1310. The molecular weight excluding hydrogens is 625 g/mol. The molecule has 1 aromatic heterocycles. The van der Waals surface area contributed by atoms with Crippen molar-refractivity contribution in [3.8, 4) is 0 Å². The average Bonchev–Trinajstić information content (AvgIpc) is 3.85. The first-order valence-electron chi connectivity index (χ1n) is 16.9. The van der Waals surface area contributed by atoms with Crippen molar-refractivity contribution >= 4 is 11.9 Å². The van der Waals surface area contributed by atoms with E-state index in [-0.39, 0.29) is 24.8 Å². The SMILES string of the molecule is COCc1cnc(N2CCC(C3C[C@H]3COCc3ccc(CC(=O)N4CC(CNC[C@H](O)[C@@H](O)[C@H](O)[C@H](O)CO)C4)c(F)c3)CC2)nc1. The summed E-state index contributed by atoms with van der Waals surface area (Å²) in [6.07, 6.45) is 0.832. The van der Waals surface area contributed by atoms with E-state index in [2.05, 4.69) is 20.2 Å². The number of nitrogens with zero attached hydrogens (tertiary/aromatic N) is 4. The number of nitrogens with one attached hydrogen (secondary N) is 1. The van der Waals surface area contributed by atoms with Crippen LogP contribution in [-0.4, -0.2) is 130 Å². The maximum absolute atomic E-state index is 14.9. The minimum absolute atomic E-state index is 0.0308. The Morgan fingerprint density at radius 3 is 2.42 bits per heavy atom. The van der Waals surface area contributed by atoms with Crippen molar-refractivity contribution in [3.63, 3.8) is 0 Å². The Morgan fingerprint density at radius 2 is 1.75 bits per heavy atom. The molecule has 1 saturated carbocycles. The molecule has 6 N–H and O–H groups in total. The Balaban J connectivity index is 0.940. The van der Waals surface area contributed by atoms with Crippen LogP contribution >= 0.6 is 0 Å². The Hall–Kier alpha value is -2.82. The molecule has 3 aliphatic rings. The molecule has 5 rings (SSSR count). The molecule has 2 saturated heterocycles. The van der Waals surface area contributed by atoms with Crippen molar-refractivity contribution in [3.05, 3.63) is 53.1 Å². The van der Waals surface area contributed by atoms with Crippen LogP contribution in [0.5, 0.6) is 0 Å². The fraction of sp³-hybridized carbons (Fsp3) is 0.676. The molecule has 13 nitrogen and oxygen atoms in total. The minimum atomic E-state index is -1.67. The van der Waals surface area contributed by atoms with E-state index < -0.39 is 36.8 Å². The van der Waals surface area contributed by atoms with Crippen LogP contribution in [0.3, 0.4) is 0 Å². The topological polar surface area (TPSA) is 181 Å². The number of likely N-dealkylation sites (tertiary alicyclic amines) is 1. The number of aliphatic hydroxyl groups is 5. The number of rotatable bonds is 18. The highest BCUT2D eigenvalue weighted by Crippen LogP contribution is 2.48. The van der Waals surface area contributed by atoms with Gasteiger partial charge in [-0.05, 0) is 54.2 Å². The van der Waals surface area contributed by atoms with Gasteiger partial charge in [-0.2, -0.15) is 0 Å². The third-order valence-electron chi connectivity index (χ3n) is 9.89. The molecule has 0 spiro atoms. The lowest BCUT2D eigenvalue weighted by Gasteiger charge is -2.39. The van der Waals surface area contributed by atoms with Crippen LogP contribution < -0.4 is 10.2 Å². The summed E-state index contributed by atoms with van der Waals surface area (Å²) in [5, 5.41) is 50.8. The molecule has 3 fully saturated rings. The van der Waals surface area contributed by atoms with E-state index >= 15 is 0 Å². The van der Waals surface area contributed by atoms with E-state index in [4.69, 9.17) is 14.6 Å². The van der Waals surface area contributed by atoms with Crippen LogP contribution in [0.15, 0.2) is 30.6 Å². The number of aliphatic hydroxyl groups excluding tert-OH is 5. The maximum Gasteiger partial charge on any atom is 0.227 e. The number of ether oxygens (including phenoxy) is 2. The van der Waals surface area contributed by atoms with Gasteiger partial charge in [0.1, 0.15) is 24.1 Å². The number of anilines is 1. The van der Waals surface area contributed by atoms with Gasteiger partial charge < -0.3 is 50.1 Å². The van der Waals surface area contributed by atoms with E-state index in [1.807, 2.05) is 18.5 Å². The maximum atomic E-state index is 14.9. The summed E-state index contributed by atoms with van der Waals surface area (Å²) in [6.45, 7) is 4.08. The van der Waals surface area contributed by atoms with Crippen LogP contribution in [0.25, 0.3) is 0 Å².